The third kappa shape index (κ3) is 3.38. The normalized spacial score (nSPS) is 12.3. The van der Waals surface area contributed by atoms with Gasteiger partial charge in [-0.05, 0) is 18.2 Å². The summed E-state index contributed by atoms with van der Waals surface area (Å²) in [6.07, 6.45) is 0. The standard InChI is InChI=1S/C10H12Cl2N2O/c1-6(5-13)10(15)14-9-4-7(11)2-3-8(9)12/h2-4,6H,5,13H2,1H3,(H,14,15). The smallest absolute Gasteiger partial charge is 0.228 e. The molecule has 0 aliphatic rings. The van der Waals surface area contributed by atoms with Crippen molar-refractivity contribution in [3.8, 4) is 0 Å². The molecular formula is C10H12Cl2N2O. The molecule has 0 aliphatic carbocycles. The number of carbonyl (C=O) groups is 1. The Morgan fingerprint density at radius 1 is 1.53 bits per heavy atom. The second-order valence-electron chi connectivity index (χ2n) is 3.25. The molecule has 0 bridgehead atoms. The minimum Gasteiger partial charge on any atom is -0.330 e. The first kappa shape index (κ1) is 12.3. The first-order valence-electron chi connectivity index (χ1n) is 4.50. The maximum absolute atomic E-state index is 11.5. The number of hydrogen-bond donors (Lipinski definition) is 2. The Bertz CT molecular complexity index is 368. The topological polar surface area (TPSA) is 55.1 Å². The zero-order chi connectivity index (χ0) is 11.4. The Labute approximate surface area is 98.5 Å². The number of nitrogens with two attached hydrogens (primary N) is 1. The lowest BCUT2D eigenvalue weighted by atomic mass is 10.1. The van der Waals surface area contributed by atoms with E-state index >= 15 is 0 Å². The van der Waals surface area contributed by atoms with E-state index in [1.807, 2.05) is 0 Å². The van der Waals surface area contributed by atoms with Crippen LogP contribution in [-0.2, 0) is 4.79 Å². The monoisotopic (exact) mass is 246 g/mol. The van der Waals surface area contributed by atoms with E-state index in [1.165, 1.54) is 0 Å². The maximum Gasteiger partial charge on any atom is 0.228 e. The highest BCUT2D eigenvalue weighted by atomic mass is 35.5. The van der Waals surface area contributed by atoms with Crippen LogP contribution >= 0.6 is 23.2 Å². The minimum absolute atomic E-state index is 0.165. The summed E-state index contributed by atoms with van der Waals surface area (Å²) in [7, 11) is 0. The molecule has 1 rings (SSSR count). The summed E-state index contributed by atoms with van der Waals surface area (Å²) in [6.45, 7) is 2.04. The van der Waals surface area contributed by atoms with Gasteiger partial charge in [0.1, 0.15) is 0 Å². The molecule has 0 aliphatic heterocycles. The molecule has 0 radical (unpaired) electrons. The highest BCUT2D eigenvalue weighted by Crippen LogP contribution is 2.25. The molecule has 5 heteroatoms. The molecule has 1 atom stereocenters. The van der Waals surface area contributed by atoms with Gasteiger partial charge in [0.2, 0.25) is 5.91 Å². The molecule has 0 saturated heterocycles. The van der Waals surface area contributed by atoms with Gasteiger partial charge in [0.25, 0.3) is 0 Å². The Hall–Kier alpha value is -0.770. The van der Waals surface area contributed by atoms with E-state index in [9.17, 15) is 4.79 Å². The lowest BCUT2D eigenvalue weighted by molar-refractivity contribution is -0.119. The molecule has 3 nitrogen and oxygen atoms in total. The average Bonchev–Trinajstić information content (AvgIpc) is 2.22. The van der Waals surface area contributed by atoms with Crippen LogP contribution in [0.3, 0.4) is 0 Å². The zero-order valence-electron chi connectivity index (χ0n) is 8.26. The Balaban J connectivity index is 2.80. The SMILES string of the molecule is CC(CN)C(=O)Nc1cc(Cl)ccc1Cl. The first-order chi connectivity index (χ1) is 7.04. The molecule has 82 valence electrons. The number of rotatable bonds is 3. The zero-order valence-corrected chi connectivity index (χ0v) is 9.77. The van der Waals surface area contributed by atoms with Gasteiger partial charge >= 0.3 is 0 Å². The number of halogens is 2. The third-order valence-electron chi connectivity index (χ3n) is 1.99. The fourth-order valence-electron chi connectivity index (χ4n) is 0.956. The van der Waals surface area contributed by atoms with Crippen LogP contribution in [0.5, 0.6) is 0 Å². The van der Waals surface area contributed by atoms with Gasteiger partial charge in [-0.3, -0.25) is 4.79 Å². The highest BCUT2D eigenvalue weighted by molar-refractivity contribution is 6.35. The molecule has 0 heterocycles. The van der Waals surface area contributed by atoms with Crippen molar-refractivity contribution in [3.05, 3.63) is 28.2 Å². The van der Waals surface area contributed by atoms with Gasteiger partial charge in [0.05, 0.1) is 10.7 Å². The summed E-state index contributed by atoms with van der Waals surface area (Å²) in [5.74, 6) is -0.415. The van der Waals surface area contributed by atoms with Crippen LogP contribution in [0, 0.1) is 5.92 Å². The highest BCUT2D eigenvalue weighted by Gasteiger charge is 2.12. The Morgan fingerprint density at radius 3 is 2.80 bits per heavy atom. The van der Waals surface area contributed by atoms with Gasteiger partial charge in [-0.1, -0.05) is 30.1 Å². The van der Waals surface area contributed by atoms with Crippen molar-refractivity contribution in [3.63, 3.8) is 0 Å². The summed E-state index contributed by atoms with van der Waals surface area (Å²) in [5, 5.41) is 3.65. The van der Waals surface area contributed by atoms with Gasteiger partial charge in [-0.15, -0.1) is 0 Å². The molecule has 1 aromatic carbocycles. The van der Waals surface area contributed by atoms with Crippen LogP contribution in [0.1, 0.15) is 6.92 Å². The van der Waals surface area contributed by atoms with Gasteiger partial charge < -0.3 is 11.1 Å². The van der Waals surface area contributed by atoms with Crippen molar-refractivity contribution in [2.75, 3.05) is 11.9 Å². The average molecular weight is 247 g/mol. The molecule has 0 aromatic heterocycles. The number of hydrogen-bond acceptors (Lipinski definition) is 2. The fraction of sp³-hybridized carbons (Fsp3) is 0.300. The van der Waals surface area contributed by atoms with Crippen LogP contribution in [0.15, 0.2) is 18.2 Å². The van der Waals surface area contributed by atoms with Crippen molar-refractivity contribution in [1.29, 1.82) is 0 Å². The number of amides is 1. The summed E-state index contributed by atoms with van der Waals surface area (Å²) in [5.41, 5.74) is 5.88. The number of carbonyl (C=O) groups excluding carboxylic acids is 1. The summed E-state index contributed by atoms with van der Waals surface area (Å²) < 4.78 is 0. The van der Waals surface area contributed by atoms with Gasteiger partial charge in [-0.25, -0.2) is 0 Å². The minimum atomic E-state index is -0.250. The quantitative estimate of drug-likeness (QED) is 0.862. The molecule has 15 heavy (non-hydrogen) atoms. The fourth-order valence-corrected chi connectivity index (χ4v) is 1.29. The molecule has 1 aromatic rings. The van der Waals surface area contributed by atoms with Crippen LogP contribution in [0.4, 0.5) is 5.69 Å². The molecule has 1 unspecified atom stereocenters. The lowest BCUT2D eigenvalue weighted by Crippen LogP contribution is -2.26. The Morgan fingerprint density at radius 2 is 2.20 bits per heavy atom. The second-order valence-corrected chi connectivity index (χ2v) is 4.09. The van der Waals surface area contributed by atoms with E-state index < -0.39 is 0 Å². The van der Waals surface area contributed by atoms with Crippen molar-refractivity contribution in [2.24, 2.45) is 11.7 Å². The molecule has 0 fully saturated rings. The van der Waals surface area contributed by atoms with Gasteiger partial charge in [-0.2, -0.15) is 0 Å². The third-order valence-corrected chi connectivity index (χ3v) is 2.55. The number of benzene rings is 1. The van der Waals surface area contributed by atoms with Gasteiger partial charge in [0.15, 0.2) is 0 Å². The summed E-state index contributed by atoms with van der Waals surface area (Å²) >= 11 is 11.7. The van der Waals surface area contributed by atoms with E-state index in [1.54, 1.807) is 25.1 Å². The van der Waals surface area contributed by atoms with Crippen LogP contribution < -0.4 is 11.1 Å². The Kier molecular flexibility index (Phi) is 4.39. The first-order valence-corrected chi connectivity index (χ1v) is 5.26. The van der Waals surface area contributed by atoms with E-state index in [2.05, 4.69) is 5.32 Å². The molecule has 1 amide bonds. The van der Waals surface area contributed by atoms with E-state index in [0.29, 0.717) is 22.3 Å². The lowest BCUT2D eigenvalue weighted by Gasteiger charge is -2.11. The predicted octanol–water partition coefficient (Wildman–Crippen LogP) is 2.53. The number of anilines is 1. The van der Waals surface area contributed by atoms with Crippen LogP contribution in [0.25, 0.3) is 0 Å². The van der Waals surface area contributed by atoms with Crippen molar-refractivity contribution < 1.29 is 4.79 Å². The van der Waals surface area contributed by atoms with E-state index in [-0.39, 0.29) is 11.8 Å². The summed E-state index contributed by atoms with van der Waals surface area (Å²) in [6, 6.07) is 4.89. The van der Waals surface area contributed by atoms with Crippen LogP contribution in [0.2, 0.25) is 10.0 Å². The molecule has 0 spiro atoms. The number of nitrogens with one attached hydrogen (secondary N) is 1. The van der Waals surface area contributed by atoms with E-state index in [4.69, 9.17) is 28.9 Å². The van der Waals surface area contributed by atoms with Crippen molar-refractivity contribution in [1.82, 2.24) is 0 Å². The molecule has 3 N–H and O–H groups in total. The predicted molar refractivity (Wildman–Crippen MR) is 63.3 cm³/mol. The largest absolute Gasteiger partial charge is 0.330 e. The van der Waals surface area contributed by atoms with Gasteiger partial charge in [0, 0.05) is 17.5 Å². The molecular weight excluding hydrogens is 235 g/mol. The maximum atomic E-state index is 11.5. The summed E-state index contributed by atoms with van der Waals surface area (Å²) in [4.78, 5) is 11.5. The molecule has 0 saturated carbocycles. The van der Waals surface area contributed by atoms with Crippen molar-refractivity contribution >= 4 is 34.8 Å². The second kappa shape index (κ2) is 5.35. The van der Waals surface area contributed by atoms with Crippen LogP contribution in [-0.4, -0.2) is 12.5 Å². The van der Waals surface area contributed by atoms with E-state index in [0.717, 1.165) is 0 Å². The van der Waals surface area contributed by atoms with Crippen molar-refractivity contribution in [2.45, 2.75) is 6.92 Å².